The van der Waals surface area contributed by atoms with Crippen LogP contribution in [0.5, 0.6) is 0 Å². The Labute approximate surface area is 100 Å². The first-order chi connectivity index (χ1) is 5.47. The third-order valence-corrected chi connectivity index (χ3v) is 2.23. The van der Waals surface area contributed by atoms with Gasteiger partial charge in [-0.25, -0.2) is 13.4 Å². The Hall–Kier alpha value is 0.790. The molecule has 1 rings (SSSR count). The molecule has 1 N–H and O–H groups in total. The normalized spacial score (nSPS) is 21.1. The fourth-order valence-electron chi connectivity index (χ4n) is 1.06. The van der Waals surface area contributed by atoms with Gasteiger partial charge in [-0.05, 0) is 7.05 Å². The van der Waals surface area contributed by atoms with Crippen LogP contribution in [0.25, 0.3) is 0 Å². The molecule has 72 valence electrons. The second-order valence-electron chi connectivity index (χ2n) is 2.84. The molecule has 0 aromatic heterocycles. The number of nitrogens with one attached hydrogen (secondary N) is 1. The van der Waals surface area contributed by atoms with Crippen LogP contribution in [0.4, 0.5) is 0 Å². The van der Waals surface area contributed by atoms with Crippen LogP contribution in [0, 0.1) is 0 Å². The van der Waals surface area contributed by atoms with Crippen LogP contribution in [0.1, 0.15) is 0 Å². The number of hydrogen-bond donors (Lipinski definition) is 1. The van der Waals surface area contributed by atoms with Gasteiger partial charge in [-0.1, -0.05) is 0 Å². The molecule has 0 saturated carbocycles. The molecule has 1 aliphatic rings. The molecule has 6 nitrogen and oxygen atoms in total. The summed E-state index contributed by atoms with van der Waals surface area (Å²) in [4.78, 5) is 3.97. The summed E-state index contributed by atoms with van der Waals surface area (Å²) in [5.41, 5.74) is 0. The van der Waals surface area contributed by atoms with Gasteiger partial charge >= 0.3 is 29.6 Å². The zero-order chi connectivity index (χ0) is 9.19. The zero-order valence-corrected chi connectivity index (χ0v) is 10.7. The summed E-state index contributed by atoms with van der Waals surface area (Å²) in [5, 5.41) is 1.42. The summed E-state index contributed by atoms with van der Waals surface area (Å²) in [5.74, 6) is 0. The first-order valence-corrected chi connectivity index (χ1v) is 5.05. The van der Waals surface area contributed by atoms with Gasteiger partial charge in [-0.2, -0.15) is 4.83 Å². The average molecular weight is 217 g/mol. The van der Waals surface area contributed by atoms with Gasteiger partial charge < -0.3 is 9.45 Å². The van der Waals surface area contributed by atoms with Crippen LogP contribution in [0.15, 0.2) is 0 Å². The number of rotatable bonds is 2. The first-order valence-electron chi connectivity index (χ1n) is 3.64. The predicted octanol–water partition coefficient (Wildman–Crippen LogP) is -4.80. The summed E-state index contributed by atoms with van der Waals surface area (Å²) in [7, 11) is -2.39. The quantitative estimate of drug-likeness (QED) is 0.371. The van der Waals surface area contributed by atoms with E-state index in [-0.39, 0.29) is 29.6 Å². The van der Waals surface area contributed by atoms with Gasteiger partial charge in [0.25, 0.3) is 0 Å². The molecule has 0 bridgehead atoms. The number of likely N-dealkylation sites (N-methyl/N-ethyl adjacent to an activating group) is 1. The van der Waals surface area contributed by atoms with Gasteiger partial charge in [-0.15, -0.1) is 0 Å². The molecule has 8 heteroatoms. The molecular weight excluding hydrogens is 205 g/mol. The molecule has 13 heavy (non-hydrogen) atoms. The minimum atomic E-state index is -4.33. The van der Waals surface area contributed by atoms with Gasteiger partial charge in [-0.3, -0.25) is 0 Å². The van der Waals surface area contributed by atoms with Gasteiger partial charge in [0.05, 0.1) is 0 Å². The second-order valence-corrected chi connectivity index (χ2v) is 3.93. The molecule has 1 saturated heterocycles. The van der Waals surface area contributed by atoms with Crippen LogP contribution in [-0.4, -0.2) is 56.1 Å². The van der Waals surface area contributed by atoms with Crippen molar-refractivity contribution >= 4 is 10.3 Å². The Morgan fingerprint density at radius 2 is 1.69 bits per heavy atom. The fourth-order valence-corrected chi connectivity index (χ4v) is 1.55. The molecule has 0 radical (unpaired) electrons. The van der Waals surface area contributed by atoms with E-state index >= 15 is 0 Å². The Morgan fingerprint density at radius 3 is 2.08 bits per heavy atom. The summed E-state index contributed by atoms with van der Waals surface area (Å²) >= 11 is 0. The molecular formula is C5H12N3NaO3S. The number of nitrogens with zero attached hydrogens (tertiary/aromatic N) is 2. The van der Waals surface area contributed by atoms with E-state index in [1.807, 2.05) is 11.9 Å². The third kappa shape index (κ3) is 5.97. The standard InChI is InChI=1S/C5H13N3O3S.Na/c1-7-2-4-8(5-3-7)6-12(9,10)11;/h6H,2-5H2,1H3,(H,9,10,11);/q;+1/p-1. The minimum absolute atomic E-state index is 0. The largest absolute Gasteiger partial charge is 1.00 e. The van der Waals surface area contributed by atoms with Crippen molar-refractivity contribution in [2.24, 2.45) is 0 Å². The van der Waals surface area contributed by atoms with E-state index in [1.165, 1.54) is 5.01 Å². The van der Waals surface area contributed by atoms with Crippen LogP contribution in [0.3, 0.4) is 0 Å². The molecule has 1 fully saturated rings. The van der Waals surface area contributed by atoms with E-state index in [0.717, 1.165) is 13.1 Å². The zero-order valence-electron chi connectivity index (χ0n) is 7.86. The maximum absolute atomic E-state index is 10.3. The molecule has 0 atom stereocenters. The summed E-state index contributed by atoms with van der Waals surface area (Å²) < 4.78 is 30.8. The van der Waals surface area contributed by atoms with Gasteiger partial charge in [0.15, 0.2) is 10.3 Å². The maximum Gasteiger partial charge on any atom is 1.00 e. The second kappa shape index (κ2) is 5.62. The van der Waals surface area contributed by atoms with Crippen LogP contribution >= 0.6 is 0 Å². The minimum Gasteiger partial charge on any atom is -0.734 e. The molecule has 0 aromatic carbocycles. The van der Waals surface area contributed by atoms with E-state index in [9.17, 15) is 13.0 Å². The van der Waals surface area contributed by atoms with Crippen molar-refractivity contribution in [3.8, 4) is 0 Å². The third-order valence-electron chi connectivity index (χ3n) is 1.74. The van der Waals surface area contributed by atoms with E-state index in [4.69, 9.17) is 0 Å². The summed E-state index contributed by atoms with van der Waals surface area (Å²) in [6.45, 7) is 2.64. The Morgan fingerprint density at radius 1 is 1.23 bits per heavy atom. The number of hydrogen-bond acceptors (Lipinski definition) is 5. The summed E-state index contributed by atoms with van der Waals surface area (Å²) in [6.07, 6.45) is 0. The van der Waals surface area contributed by atoms with Crippen LogP contribution in [-0.2, 0) is 10.3 Å². The van der Waals surface area contributed by atoms with E-state index in [1.54, 1.807) is 0 Å². The SMILES string of the molecule is CN1CCN(NS(=O)(=O)[O-])CC1.[Na+]. The van der Waals surface area contributed by atoms with Crippen molar-refractivity contribution in [2.75, 3.05) is 33.2 Å². The molecule has 1 aliphatic heterocycles. The van der Waals surface area contributed by atoms with Crippen molar-refractivity contribution in [2.45, 2.75) is 0 Å². The Kier molecular flexibility index (Phi) is 5.96. The van der Waals surface area contributed by atoms with Gasteiger partial charge in [0.2, 0.25) is 0 Å². The molecule has 0 amide bonds. The van der Waals surface area contributed by atoms with E-state index in [0.29, 0.717) is 13.1 Å². The van der Waals surface area contributed by atoms with Gasteiger partial charge in [0.1, 0.15) is 0 Å². The molecule has 0 unspecified atom stereocenters. The van der Waals surface area contributed by atoms with Crippen molar-refractivity contribution in [3.63, 3.8) is 0 Å². The van der Waals surface area contributed by atoms with Crippen LogP contribution in [0.2, 0.25) is 0 Å². The molecule has 0 spiro atoms. The number of hydrazine groups is 1. The van der Waals surface area contributed by atoms with E-state index < -0.39 is 10.3 Å². The maximum atomic E-state index is 10.3. The fraction of sp³-hybridized carbons (Fsp3) is 1.00. The van der Waals surface area contributed by atoms with Crippen molar-refractivity contribution in [1.29, 1.82) is 0 Å². The average Bonchev–Trinajstić information content (AvgIpc) is 1.91. The van der Waals surface area contributed by atoms with Crippen molar-refractivity contribution in [3.05, 3.63) is 0 Å². The smallest absolute Gasteiger partial charge is 0.734 e. The van der Waals surface area contributed by atoms with E-state index in [2.05, 4.69) is 4.90 Å². The first kappa shape index (κ1) is 13.8. The molecule has 0 aliphatic carbocycles. The van der Waals surface area contributed by atoms with Crippen LogP contribution < -0.4 is 34.4 Å². The number of piperazine rings is 1. The van der Waals surface area contributed by atoms with Crippen molar-refractivity contribution < 1.29 is 42.5 Å². The Bertz CT molecular complexity index is 237. The molecule has 1 heterocycles. The van der Waals surface area contributed by atoms with Crippen molar-refractivity contribution in [1.82, 2.24) is 14.7 Å². The topological polar surface area (TPSA) is 75.7 Å². The predicted molar refractivity (Wildman–Crippen MR) is 41.9 cm³/mol. The van der Waals surface area contributed by atoms with Gasteiger partial charge in [0, 0.05) is 26.2 Å². The molecule has 0 aromatic rings. The Balaban J connectivity index is 0.00000144. The monoisotopic (exact) mass is 217 g/mol. The summed E-state index contributed by atoms with van der Waals surface area (Å²) in [6, 6.07) is 0.